The molecule has 1 rings (SSSR count). The first-order valence-corrected chi connectivity index (χ1v) is 5.65. The van der Waals surface area contributed by atoms with Crippen LogP contribution in [0.1, 0.15) is 39.2 Å². The van der Waals surface area contributed by atoms with Crippen LogP contribution >= 0.6 is 0 Å². The highest BCUT2D eigenvalue weighted by Crippen LogP contribution is 2.28. The van der Waals surface area contributed by atoms with Gasteiger partial charge in [-0.25, -0.2) is 0 Å². The molecule has 0 atom stereocenters. The van der Waals surface area contributed by atoms with Gasteiger partial charge in [-0.3, -0.25) is 0 Å². The highest BCUT2D eigenvalue weighted by Gasteiger charge is 2.20. The Hall–Kier alpha value is -1.18. The average molecular weight is 206 g/mol. The summed E-state index contributed by atoms with van der Waals surface area (Å²) in [4.78, 5) is 0. The van der Waals surface area contributed by atoms with Gasteiger partial charge in [0.05, 0.1) is 11.4 Å². The fraction of sp³-hybridized carbons (Fsp3) is 0.538. The summed E-state index contributed by atoms with van der Waals surface area (Å²) in [6.45, 7) is 8.72. The molecule has 3 N–H and O–H groups in total. The van der Waals surface area contributed by atoms with Gasteiger partial charge < -0.3 is 11.1 Å². The molecule has 0 heterocycles. The molecule has 0 spiro atoms. The number of hydrogen-bond donors (Lipinski definition) is 2. The van der Waals surface area contributed by atoms with Crippen molar-refractivity contribution in [1.82, 2.24) is 0 Å². The van der Waals surface area contributed by atoms with Gasteiger partial charge in [0.15, 0.2) is 0 Å². The van der Waals surface area contributed by atoms with Crippen molar-refractivity contribution in [1.29, 1.82) is 0 Å². The zero-order valence-corrected chi connectivity index (χ0v) is 10.2. The van der Waals surface area contributed by atoms with E-state index in [4.69, 9.17) is 5.73 Å². The molecule has 0 saturated carbocycles. The maximum Gasteiger partial charge on any atom is 0.0607 e. The number of para-hydroxylation sites is 1. The van der Waals surface area contributed by atoms with Gasteiger partial charge in [-0.15, -0.1) is 0 Å². The molecule has 2 heteroatoms. The Morgan fingerprint density at radius 1 is 1.27 bits per heavy atom. The third kappa shape index (κ3) is 2.65. The zero-order chi connectivity index (χ0) is 11.5. The number of nitrogens with two attached hydrogens (primary N) is 1. The molecule has 0 unspecified atom stereocenters. The number of nitrogen functional groups attached to an aromatic ring is 1. The van der Waals surface area contributed by atoms with Crippen LogP contribution in [0.5, 0.6) is 0 Å². The second kappa shape index (κ2) is 4.56. The first-order chi connectivity index (χ1) is 7.02. The van der Waals surface area contributed by atoms with Gasteiger partial charge in [-0.2, -0.15) is 0 Å². The summed E-state index contributed by atoms with van der Waals surface area (Å²) in [7, 11) is 0. The van der Waals surface area contributed by atoms with Gasteiger partial charge in [-0.1, -0.05) is 26.0 Å². The minimum absolute atomic E-state index is 0.139. The molecule has 2 nitrogen and oxygen atoms in total. The van der Waals surface area contributed by atoms with Crippen LogP contribution in [-0.4, -0.2) is 5.54 Å². The molecule has 0 aliphatic carbocycles. The van der Waals surface area contributed by atoms with E-state index < -0.39 is 0 Å². The highest BCUT2D eigenvalue weighted by molar-refractivity contribution is 5.70. The van der Waals surface area contributed by atoms with E-state index in [1.165, 1.54) is 5.56 Å². The Bertz CT molecular complexity index is 307. The van der Waals surface area contributed by atoms with Crippen LogP contribution in [0.25, 0.3) is 0 Å². The number of aryl methyl sites for hydroxylation is 1. The third-order valence-electron chi connectivity index (χ3n) is 3.29. The number of hydrogen-bond acceptors (Lipinski definition) is 2. The second-order valence-electron chi connectivity index (χ2n) is 4.43. The lowest BCUT2D eigenvalue weighted by Gasteiger charge is -2.31. The maximum absolute atomic E-state index is 5.98. The van der Waals surface area contributed by atoms with Gasteiger partial charge in [0.1, 0.15) is 0 Å². The van der Waals surface area contributed by atoms with E-state index in [1.54, 1.807) is 0 Å². The van der Waals surface area contributed by atoms with Gasteiger partial charge >= 0.3 is 0 Å². The standard InChI is InChI=1S/C13H22N2/c1-5-13(4,6-2)15-12-10(3)8-7-9-11(12)14/h7-9,15H,5-6,14H2,1-4H3. The molecule has 0 aliphatic rings. The van der Waals surface area contributed by atoms with Gasteiger partial charge in [-0.05, 0) is 38.3 Å². The Morgan fingerprint density at radius 3 is 2.33 bits per heavy atom. The Labute approximate surface area is 92.9 Å². The summed E-state index contributed by atoms with van der Waals surface area (Å²) < 4.78 is 0. The van der Waals surface area contributed by atoms with E-state index in [2.05, 4.69) is 39.1 Å². The van der Waals surface area contributed by atoms with E-state index in [0.29, 0.717) is 0 Å². The number of nitrogens with one attached hydrogen (secondary N) is 1. The summed E-state index contributed by atoms with van der Waals surface area (Å²) in [6.07, 6.45) is 2.19. The molecule has 0 aromatic heterocycles. The molecule has 1 aromatic rings. The lowest BCUT2D eigenvalue weighted by atomic mass is 9.94. The van der Waals surface area contributed by atoms with E-state index >= 15 is 0 Å². The van der Waals surface area contributed by atoms with E-state index in [-0.39, 0.29) is 5.54 Å². The monoisotopic (exact) mass is 206 g/mol. The van der Waals surface area contributed by atoms with Gasteiger partial charge in [0.2, 0.25) is 0 Å². The van der Waals surface area contributed by atoms with E-state index in [1.807, 2.05) is 12.1 Å². The molecule has 0 bridgehead atoms. The zero-order valence-electron chi connectivity index (χ0n) is 10.2. The van der Waals surface area contributed by atoms with Crippen LogP contribution in [0.4, 0.5) is 11.4 Å². The summed E-state index contributed by atoms with van der Waals surface area (Å²) in [5, 5.41) is 3.57. The van der Waals surface area contributed by atoms with Crippen molar-refractivity contribution >= 4 is 11.4 Å². The van der Waals surface area contributed by atoms with Crippen molar-refractivity contribution in [2.75, 3.05) is 11.1 Å². The van der Waals surface area contributed by atoms with Gasteiger partial charge in [0.25, 0.3) is 0 Å². The Kier molecular flexibility index (Phi) is 3.61. The van der Waals surface area contributed by atoms with Crippen LogP contribution in [0.15, 0.2) is 18.2 Å². The summed E-state index contributed by atoms with van der Waals surface area (Å²) in [5.41, 5.74) is 9.25. The van der Waals surface area contributed by atoms with E-state index in [0.717, 1.165) is 24.2 Å². The molecule has 0 radical (unpaired) electrons. The second-order valence-corrected chi connectivity index (χ2v) is 4.43. The lowest BCUT2D eigenvalue weighted by molar-refractivity contribution is 0.478. The minimum Gasteiger partial charge on any atom is -0.397 e. The minimum atomic E-state index is 0.139. The predicted octanol–water partition coefficient (Wildman–Crippen LogP) is 3.57. The molecule has 0 amide bonds. The molecular formula is C13H22N2. The molecule has 0 aliphatic heterocycles. The quantitative estimate of drug-likeness (QED) is 0.739. The summed E-state index contributed by atoms with van der Waals surface area (Å²) >= 11 is 0. The summed E-state index contributed by atoms with van der Waals surface area (Å²) in [5.74, 6) is 0. The largest absolute Gasteiger partial charge is 0.397 e. The topological polar surface area (TPSA) is 38.0 Å². The first kappa shape index (κ1) is 11.9. The normalized spacial score (nSPS) is 11.5. The molecule has 15 heavy (non-hydrogen) atoms. The summed E-state index contributed by atoms with van der Waals surface area (Å²) in [6, 6.07) is 6.02. The average Bonchev–Trinajstić information content (AvgIpc) is 2.23. The van der Waals surface area contributed by atoms with Crippen molar-refractivity contribution in [2.24, 2.45) is 0 Å². The fourth-order valence-electron chi connectivity index (χ4n) is 1.59. The first-order valence-electron chi connectivity index (χ1n) is 5.65. The SMILES string of the molecule is CCC(C)(CC)Nc1c(C)cccc1N. The van der Waals surface area contributed by atoms with Crippen molar-refractivity contribution in [2.45, 2.75) is 46.1 Å². The Morgan fingerprint density at radius 2 is 1.87 bits per heavy atom. The number of rotatable bonds is 4. The highest BCUT2D eigenvalue weighted by atomic mass is 15.0. The lowest BCUT2D eigenvalue weighted by Crippen LogP contribution is -2.33. The molecule has 1 aromatic carbocycles. The van der Waals surface area contributed by atoms with Crippen LogP contribution in [0.3, 0.4) is 0 Å². The van der Waals surface area contributed by atoms with E-state index in [9.17, 15) is 0 Å². The molecule has 0 saturated heterocycles. The maximum atomic E-state index is 5.98. The van der Waals surface area contributed by atoms with Crippen LogP contribution in [-0.2, 0) is 0 Å². The number of benzene rings is 1. The molecule has 84 valence electrons. The van der Waals surface area contributed by atoms with Gasteiger partial charge in [0, 0.05) is 5.54 Å². The van der Waals surface area contributed by atoms with Crippen molar-refractivity contribution in [3.63, 3.8) is 0 Å². The van der Waals surface area contributed by atoms with Crippen LogP contribution in [0, 0.1) is 6.92 Å². The third-order valence-corrected chi connectivity index (χ3v) is 3.29. The van der Waals surface area contributed by atoms with Crippen molar-refractivity contribution in [3.05, 3.63) is 23.8 Å². The van der Waals surface area contributed by atoms with Crippen molar-refractivity contribution in [3.8, 4) is 0 Å². The Balaban J connectivity index is 2.98. The molecule has 0 fully saturated rings. The predicted molar refractivity (Wildman–Crippen MR) is 68.2 cm³/mol. The van der Waals surface area contributed by atoms with Crippen LogP contribution in [0.2, 0.25) is 0 Å². The van der Waals surface area contributed by atoms with Crippen LogP contribution < -0.4 is 11.1 Å². The smallest absolute Gasteiger partial charge is 0.0607 e. The molecular weight excluding hydrogens is 184 g/mol. The fourth-order valence-corrected chi connectivity index (χ4v) is 1.59. The number of anilines is 2. The van der Waals surface area contributed by atoms with Crippen molar-refractivity contribution < 1.29 is 0 Å².